The largest absolute Gasteiger partial charge is 0.381 e. The van der Waals surface area contributed by atoms with Crippen molar-refractivity contribution in [2.75, 3.05) is 5.32 Å². The van der Waals surface area contributed by atoms with Crippen LogP contribution in [0.4, 0.5) is 5.69 Å². The Morgan fingerprint density at radius 3 is 2.67 bits per heavy atom. The number of hydrogen-bond donors (Lipinski definition) is 1. The molecule has 18 heavy (non-hydrogen) atoms. The Bertz CT molecular complexity index is 578. The van der Waals surface area contributed by atoms with E-state index >= 15 is 0 Å². The number of hydrogen-bond acceptors (Lipinski definition) is 2. The minimum Gasteiger partial charge on any atom is -0.381 e. The summed E-state index contributed by atoms with van der Waals surface area (Å²) < 4.78 is 2.80. The third-order valence-corrected chi connectivity index (χ3v) is 4.26. The van der Waals surface area contributed by atoms with Gasteiger partial charge in [0, 0.05) is 35.0 Å². The quantitative estimate of drug-likeness (QED) is 0.920. The van der Waals surface area contributed by atoms with Gasteiger partial charge in [0.1, 0.15) is 0 Å². The van der Waals surface area contributed by atoms with E-state index in [2.05, 4.69) is 33.3 Å². The van der Waals surface area contributed by atoms with Crippen LogP contribution < -0.4 is 5.32 Å². The van der Waals surface area contributed by atoms with Gasteiger partial charge in [-0.05, 0) is 48.0 Å². The molecule has 0 aliphatic rings. The molecule has 1 aromatic heterocycles. The Morgan fingerprint density at radius 2 is 2.11 bits per heavy atom. The smallest absolute Gasteiger partial charge is 0.0646 e. The third-order valence-electron chi connectivity index (χ3n) is 3.05. The molecule has 0 atom stereocenters. The summed E-state index contributed by atoms with van der Waals surface area (Å²) in [6, 6.07) is 5.81. The van der Waals surface area contributed by atoms with Gasteiger partial charge in [0.15, 0.2) is 0 Å². The SMILES string of the molecule is Cc1nn(C)c(C)c1CNc1ccc(Cl)c(Br)c1. The lowest BCUT2D eigenvalue weighted by atomic mass is 10.2. The average molecular weight is 329 g/mol. The molecule has 96 valence electrons. The topological polar surface area (TPSA) is 29.9 Å². The van der Waals surface area contributed by atoms with E-state index < -0.39 is 0 Å². The molecule has 0 saturated heterocycles. The lowest BCUT2D eigenvalue weighted by Gasteiger charge is -2.08. The first-order valence-electron chi connectivity index (χ1n) is 5.67. The number of aromatic nitrogens is 2. The molecule has 0 fully saturated rings. The van der Waals surface area contributed by atoms with Crippen molar-refractivity contribution < 1.29 is 0 Å². The predicted molar refractivity (Wildman–Crippen MR) is 79.2 cm³/mol. The molecule has 0 aliphatic heterocycles. The van der Waals surface area contributed by atoms with Gasteiger partial charge in [0.05, 0.1) is 10.7 Å². The van der Waals surface area contributed by atoms with Crippen molar-refractivity contribution in [1.82, 2.24) is 9.78 Å². The van der Waals surface area contributed by atoms with E-state index in [9.17, 15) is 0 Å². The number of nitrogens with zero attached hydrogens (tertiary/aromatic N) is 2. The summed E-state index contributed by atoms with van der Waals surface area (Å²) in [7, 11) is 1.96. The average Bonchev–Trinajstić information content (AvgIpc) is 2.56. The van der Waals surface area contributed by atoms with Crippen molar-refractivity contribution in [3.63, 3.8) is 0 Å². The van der Waals surface area contributed by atoms with Crippen LogP contribution in [0.25, 0.3) is 0 Å². The van der Waals surface area contributed by atoms with E-state index in [1.807, 2.05) is 36.9 Å². The molecule has 0 unspecified atom stereocenters. The highest BCUT2D eigenvalue weighted by molar-refractivity contribution is 9.10. The van der Waals surface area contributed by atoms with Crippen molar-refractivity contribution >= 4 is 33.2 Å². The molecule has 1 heterocycles. The molecular formula is C13H15BrClN3. The summed E-state index contributed by atoms with van der Waals surface area (Å²) in [5.74, 6) is 0. The number of anilines is 1. The van der Waals surface area contributed by atoms with Crippen LogP contribution in [0.3, 0.4) is 0 Å². The van der Waals surface area contributed by atoms with Crippen LogP contribution in [0, 0.1) is 13.8 Å². The zero-order chi connectivity index (χ0) is 13.3. The lowest BCUT2D eigenvalue weighted by molar-refractivity contribution is 0.730. The standard InChI is InChI=1S/C13H15BrClN3/c1-8-11(9(2)18(3)17-8)7-16-10-4-5-13(15)12(14)6-10/h4-6,16H,7H2,1-3H3. The van der Waals surface area contributed by atoms with E-state index in [-0.39, 0.29) is 0 Å². The van der Waals surface area contributed by atoms with Gasteiger partial charge in [-0.2, -0.15) is 5.10 Å². The first-order chi connectivity index (χ1) is 8.49. The maximum Gasteiger partial charge on any atom is 0.0646 e. The monoisotopic (exact) mass is 327 g/mol. The van der Waals surface area contributed by atoms with Gasteiger partial charge in [0.25, 0.3) is 0 Å². The Morgan fingerprint density at radius 1 is 1.39 bits per heavy atom. The second-order valence-corrected chi connectivity index (χ2v) is 5.52. The fourth-order valence-electron chi connectivity index (χ4n) is 1.87. The normalized spacial score (nSPS) is 10.7. The fraction of sp³-hybridized carbons (Fsp3) is 0.308. The molecule has 1 aromatic carbocycles. The highest BCUT2D eigenvalue weighted by atomic mass is 79.9. The molecule has 5 heteroatoms. The van der Waals surface area contributed by atoms with Gasteiger partial charge >= 0.3 is 0 Å². The number of benzene rings is 1. The second kappa shape index (κ2) is 5.33. The van der Waals surface area contributed by atoms with Gasteiger partial charge in [-0.25, -0.2) is 0 Å². The summed E-state index contributed by atoms with van der Waals surface area (Å²) >= 11 is 9.38. The molecule has 1 N–H and O–H groups in total. The lowest BCUT2D eigenvalue weighted by Crippen LogP contribution is -2.02. The highest BCUT2D eigenvalue weighted by Gasteiger charge is 2.08. The van der Waals surface area contributed by atoms with Crippen LogP contribution in [0.1, 0.15) is 17.0 Å². The van der Waals surface area contributed by atoms with Gasteiger partial charge in [-0.15, -0.1) is 0 Å². The van der Waals surface area contributed by atoms with Crippen LogP contribution in [0.5, 0.6) is 0 Å². The molecule has 0 aliphatic carbocycles. The number of aryl methyl sites for hydroxylation is 2. The molecule has 2 rings (SSSR count). The van der Waals surface area contributed by atoms with E-state index in [0.29, 0.717) is 5.02 Å². The molecule has 0 bridgehead atoms. The first-order valence-corrected chi connectivity index (χ1v) is 6.84. The van der Waals surface area contributed by atoms with Crippen LogP contribution >= 0.6 is 27.5 Å². The Kier molecular flexibility index (Phi) is 3.97. The maximum absolute atomic E-state index is 5.96. The zero-order valence-corrected chi connectivity index (χ0v) is 12.9. The Balaban J connectivity index is 2.14. The molecule has 0 amide bonds. The zero-order valence-electron chi connectivity index (χ0n) is 10.6. The van der Waals surface area contributed by atoms with Crippen LogP contribution in [0.15, 0.2) is 22.7 Å². The highest BCUT2D eigenvalue weighted by Crippen LogP contribution is 2.26. The van der Waals surface area contributed by atoms with E-state index in [1.54, 1.807) is 0 Å². The minimum absolute atomic E-state index is 0.717. The minimum atomic E-state index is 0.717. The molecule has 0 saturated carbocycles. The van der Waals surface area contributed by atoms with Gasteiger partial charge in [-0.3, -0.25) is 4.68 Å². The van der Waals surface area contributed by atoms with E-state index in [4.69, 9.17) is 11.6 Å². The first kappa shape index (κ1) is 13.4. The Labute approximate surface area is 120 Å². The maximum atomic E-state index is 5.96. The van der Waals surface area contributed by atoms with Crippen LogP contribution in [-0.4, -0.2) is 9.78 Å². The second-order valence-electron chi connectivity index (χ2n) is 4.26. The molecular weight excluding hydrogens is 314 g/mol. The molecule has 2 aromatic rings. The fourth-order valence-corrected chi connectivity index (χ4v) is 2.37. The molecule has 0 radical (unpaired) electrons. The third kappa shape index (κ3) is 2.70. The number of rotatable bonds is 3. The van der Waals surface area contributed by atoms with Gasteiger partial charge in [0.2, 0.25) is 0 Å². The predicted octanol–water partition coefficient (Wildman–Crippen LogP) is 4.06. The van der Waals surface area contributed by atoms with E-state index in [0.717, 1.165) is 22.4 Å². The summed E-state index contributed by atoms with van der Waals surface area (Å²) in [6.45, 7) is 4.87. The van der Waals surface area contributed by atoms with Crippen molar-refractivity contribution in [2.24, 2.45) is 7.05 Å². The number of halogens is 2. The van der Waals surface area contributed by atoms with Gasteiger partial charge in [-0.1, -0.05) is 11.6 Å². The van der Waals surface area contributed by atoms with Crippen molar-refractivity contribution in [3.05, 3.63) is 44.6 Å². The van der Waals surface area contributed by atoms with E-state index in [1.165, 1.54) is 11.3 Å². The summed E-state index contributed by atoms with van der Waals surface area (Å²) in [4.78, 5) is 0. The van der Waals surface area contributed by atoms with Crippen molar-refractivity contribution in [1.29, 1.82) is 0 Å². The van der Waals surface area contributed by atoms with Gasteiger partial charge < -0.3 is 5.32 Å². The van der Waals surface area contributed by atoms with Crippen molar-refractivity contribution in [2.45, 2.75) is 20.4 Å². The molecule has 0 spiro atoms. The van der Waals surface area contributed by atoms with Crippen molar-refractivity contribution in [3.8, 4) is 0 Å². The summed E-state index contributed by atoms with van der Waals surface area (Å²) in [5, 5.41) is 8.50. The molecule has 3 nitrogen and oxygen atoms in total. The summed E-state index contributed by atoms with van der Waals surface area (Å²) in [5.41, 5.74) is 4.53. The summed E-state index contributed by atoms with van der Waals surface area (Å²) in [6.07, 6.45) is 0. The van der Waals surface area contributed by atoms with Crippen LogP contribution in [-0.2, 0) is 13.6 Å². The number of nitrogens with one attached hydrogen (secondary N) is 1. The Hall–Kier alpha value is -1.000. The van der Waals surface area contributed by atoms with Crippen LogP contribution in [0.2, 0.25) is 5.02 Å².